The standard InChI is InChI=1S/C25H26F3N3O4/c1-34-19-5-6-20(22(10-19)35-2)23(33)30-8-7-17-12-31(14-24(17,13-30)15-32)18-4-3-16(11-29)21(9-18)25(26,27)28/h3-6,9-10,17,32H,7-8,12-15H2,1-2H3/t17-,24+/m0/s1. The highest BCUT2D eigenvalue weighted by Crippen LogP contribution is 2.45. The fourth-order valence-corrected chi connectivity index (χ4v) is 5.19. The zero-order valence-electron chi connectivity index (χ0n) is 19.4. The summed E-state index contributed by atoms with van der Waals surface area (Å²) in [6.07, 6.45) is -4.05. The summed E-state index contributed by atoms with van der Waals surface area (Å²) >= 11 is 0. The van der Waals surface area contributed by atoms with E-state index in [0.29, 0.717) is 48.8 Å². The van der Waals surface area contributed by atoms with Gasteiger partial charge in [0.05, 0.1) is 43.6 Å². The van der Waals surface area contributed by atoms with Crippen LogP contribution in [-0.4, -0.2) is 62.9 Å². The molecule has 0 aliphatic carbocycles. The van der Waals surface area contributed by atoms with Gasteiger partial charge in [-0.25, -0.2) is 0 Å². The van der Waals surface area contributed by atoms with Gasteiger partial charge in [0.1, 0.15) is 11.5 Å². The fraction of sp³-hybridized carbons (Fsp3) is 0.440. The molecule has 0 saturated carbocycles. The molecule has 2 aromatic carbocycles. The molecule has 0 spiro atoms. The molecule has 2 heterocycles. The van der Waals surface area contributed by atoms with Crippen LogP contribution in [0.2, 0.25) is 0 Å². The van der Waals surface area contributed by atoms with Crippen LogP contribution in [0.4, 0.5) is 18.9 Å². The fourth-order valence-electron chi connectivity index (χ4n) is 5.19. The van der Waals surface area contributed by atoms with Crippen molar-refractivity contribution in [3.63, 3.8) is 0 Å². The van der Waals surface area contributed by atoms with Gasteiger partial charge < -0.3 is 24.4 Å². The number of nitrogens with zero attached hydrogens (tertiary/aromatic N) is 3. The minimum Gasteiger partial charge on any atom is -0.497 e. The van der Waals surface area contributed by atoms with E-state index in [2.05, 4.69) is 0 Å². The summed E-state index contributed by atoms with van der Waals surface area (Å²) in [5.74, 6) is 0.682. The van der Waals surface area contributed by atoms with Crippen molar-refractivity contribution in [2.75, 3.05) is 51.9 Å². The number of aliphatic hydroxyl groups is 1. The number of methoxy groups -OCH3 is 2. The van der Waals surface area contributed by atoms with Crippen LogP contribution in [0.15, 0.2) is 36.4 Å². The van der Waals surface area contributed by atoms with Gasteiger partial charge in [-0.2, -0.15) is 18.4 Å². The molecule has 1 amide bonds. The maximum absolute atomic E-state index is 13.5. The molecule has 2 aromatic rings. The van der Waals surface area contributed by atoms with Gasteiger partial charge >= 0.3 is 6.18 Å². The zero-order valence-corrected chi connectivity index (χ0v) is 19.4. The minimum absolute atomic E-state index is 0.000655. The molecule has 2 atom stereocenters. The Bertz CT molecular complexity index is 1160. The Labute approximate surface area is 201 Å². The number of carbonyl (C=O) groups excluding carboxylic acids is 1. The quantitative estimate of drug-likeness (QED) is 0.692. The molecule has 10 heteroatoms. The molecule has 2 saturated heterocycles. The van der Waals surface area contributed by atoms with E-state index in [4.69, 9.17) is 14.7 Å². The first-order valence-corrected chi connectivity index (χ1v) is 11.1. The number of aliphatic hydroxyl groups excluding tert-OH is 1. The van der Waals surface area contributed by atoms with Crippen LogP contribution >= 0.6 is 0 Å². The molecule has 186 valence electrons. The third kappa shape index (κ3) is 4.48. The van der Waals surface area contributed by atoms with Crippen LogP contribution in [0.5, 0.6) is 11.5 Å². The molecule has 1 N–H and O–H groups in total. The Morgan fingerprint density at radius 1 is 1.20 bits per heavy atom. The predicted octanol–water partition coefficient (Wildman–Crippen LogP) is 3.56. The second kappa shape index (κ2) is 9.30. The van der Waals surface area contributed by atoms with Gasteiger partial charge in [-0.15, -0.1) is 0 Å². The lowest BCUT2D eigenvalue weighted by molar-refractivity contribution is -0.137. The van der Waals surface area contributed by atoms with Crippen molar-refractivity contribution < 1.29 is 32.5 Å². The Hall–Kier alpha value is -3.45. The molecule has 0 aromatic heterocycles. The van der Waals surface area contributed by atoms with Crippen molar-refractivity contribution in [3.05, 3.63) is 53.1 Å². The number of carbonyl (C=O) groups is 1. The lowest BCUT2D eigenvalue weighted by atomic mass is 9.74. The van der Waals surface area contributed by atoms with E-state index >= 15 is 0 Å². The monoisotopic (exact) mass is 489 g/mol. The van der Waals surface area contributed by atoms with Gasteiger partial charge in [0.2, 0.25) is 0 Å². The molecule has 7 nitrogen and oxygen atoms in total. The first-order valence-electron chi connectivity index (χ1n) is 11.1. The number of anilines is 1. The number of hydrogen-bond donors (Lipinski definition) is 1. The van der Waals surface area contributed by atoms with Crippen LogP contribution in [0.25, 0.3) is 0 Å². The molecule has 2 aliphatic heterocycles. The van der Waals surface area contributed by atoms with Crippen LogP contribution in [-0.2, 0) is 6.18 Å². The van der Waals surface area contributed by atoms with Gasteiger partial charge in [0, 0.05) is 43.3 Å². The van der Waals surface area contributed by atoms with Crippen LogP contribution in [0.1, 0.15) is 27.9 Å². The van der Waals surface area contributed by atoms with Gasteiger partial charge in [-0.05, 0) is 42.7 Å². The van der Waals surface area contributed by atoms with Gasteiger partial charge in [0.15, 0.2) is 0 Å². The summed E-state index contributed by atoms with van der Waals surface area (Å²) in [6.45, 7) is 1.26. The number of rotatable bonds is 5. The molecule has 0 radical (unpaired) electrons. The average molecular weight is 489 g/mol. The number of nitriles is 1. The number of piperidine rings is 1. The minimum atomic E-state index is -4.65. The summed E-state index contributed by atoms with van der Waals surface area (Å²) in [6, 6.07) is 10.2. The summed E-state index contributed by atoms with van der Waals surface area (Å²) < 4.78 is 51.0. The van der Waals surface area contributed by atoms with Crippen molar-refractivity contribution in [2.45, 2.75) is 12.6 Å². The first-order chi connectivity index (χ1) is 16.7. The van der Waals surface area contributed by atoms with E-state index < -0.39 is 22.7 Å². The van der Waals surface area contributed by atoms with Crippen LogP contribution in [0.3, 0.4) is 0 Å². The highest BCUT2D eigenvalue weighted by Gasteiger charge is 2.50. The maximum atomic E-state index is 13.5. The lowest BCUT2D eigenvalue weighted by Gasteiger charge is -2.43. The number of amides is 1. The van der Waals surface area contributed by atoms with Gasteiger partial charge in [-0.3, -0.25) is 4.79 Å². The van der Waals surface area contributed by atoms with Crippen molar-refractivity contribution in [1.82, 2.24) is 4.90 Å². The normalized spacial score (nSPS) is 21.9. The second-order valence-corrected chi connectivity index (χ2v) is 9.02. The zero-order chi connectivity index (χ0) is 25.4. The van der Waals surface area contributed by atoms with E-state index in [-0.39, 0.29) is 25.0 Å². The van der Waals surface area contributed by atoms with Crippen LogP contribution < -0.4 is 14.4 Å². The SMILES string of the molecule is COc1ccc(C(=O)N2CC[C@H]3CN(c4ccc(C#N)c(C(F)(F)F)c4)C[C@@]3(CO)C2)c(OC)c1. The molecular weight excluding hydrogens is 463 g/mol. The number of halogens is 3. The number of fused-ring (bicyclic) bond motifs is 1. The largest absolute Gasteiger partial charge is 0.497 e. The molecule has 4 rings (SSSR count). The topological polar surface area (TPSA) is 86.0 Å². The molecule has 35 heavy (non-hydrogen) atoms. The van der Waals surface area contributed by atoms with Gasteiger partial charge in [-0.1, -0.05) is 0 Å². The number of alkyl halides is 3. The molecule has 0 bridgehead atoms. The molecule has 2 aliphatic rings. The summed E-state index contributed by atoms with van der Waals surface area (Å²) in [5.41, 5.74) is -1.38. The second-order valence-electron chi connectivity index (χ2n) is 9.02. The van der Waals surface area contributed by atoms with E-state index in [1.54, 1.807) is 34.1 Å². The molecule has 2 fully saturated rings. The number of ether oxygens (including phenoxy) is 2. The lowest BCUT2D eigenvalue weighted by Crippen LogP contribution is -2.52. The smallest absolute Gasteiger partial charge is 0.417 e. The highest BCUT2D eigenvalue weighted by atomic mass is 19.4. The number of likely N-dealkylation sites (tertiary alicyclic amines) is 1. The highest BCUT2D eigenvalue weighted by molar-refractivity contribution is 5.97. The number of benzene rings is 2. The first kappa shape index (κ1) is 24.7. The summed E-state index contributed by atoms with van der Waals surface area (Å²) in [4.78, 5) is 16.8. The van der Waals surface area contributed by atoms with E-state index in [0.717, 1.165) is 6.07 Å². The van der Waals surface area contributed by atoms with E-state index in [1.807, 2.05) is 0 Å². The Balaban J connectivity index is 1.59. The summed E-state index contributed by atoms with van der Waals surface area (Å²) in [7, 11) is 2.98. The predicted molar refractivity (Wildman–Crippen MR) is 121 cm³/mol. The van der Waals surface area contributed by atoms with Crippen molar-refractivity contribution in [3.8, 4) is 17.6 Å². The Morgan fingerprint density at radius 2 is 1.97 bits per heavy atom. The van der Waals surface area contributed by atoms with E-state index in [9.17, 15) is 23.1 Å². The van der Waals surface area contributed by atoms with Crippen molar-refractivity contribution >= 4 is 11.6 Å². The molecule has 0 unspecified atom stereocenters. The number of hydrogen-bond acceptors (Lipinski definition) is 6. The Morgan fingerprint density at radius 3 is 2.60 bits per heavy atom. The third-order valence-electron chi connectivity index (χ3n) is 7.10. The van der Waals surface area contributed by atoms with Crippen LogP contribution in [0, 0.1) is 22.7 Å². The van der Waals surface area contributed by atoms with Crippen molar-refractivity contribution in [1.29, 1.82) is 5.26 Å². The van der Waals surface area contributed by atoms with Gasteiger partial charge in [0.25, 0.3) is 5.91 Å². The summed E-state index contributed by atoms with van der Waals surface area (Å²) in [5, 5.41) is 19.5. The average Bonchev–Trinajstić information content (AvgIpc) is 3.26. The Kier molecular flexibility index (Phi) is 6.56. The third-order valence-corrected chi connectivity index (χ3v) is 7.10. The van der Waals surface area contributed by atoms with Crippen molar-refractivity contribution in [2.24, 2.45) is 11.3 Å². The van der Waals surface area contributed by atoms with E-state index in [1.165, 1.54) is 26.4 Å². The molecular formula is C25H26F3N3O4. The maximum Gasteiger partial charge on any atom is 0.417 e.